The molecule has 0 aromatic heterocycles. The normalized spacial score (nSPS) is 28.9. The van der Waals surface area contributed by atoms with Crippen molar-refractivity contribution in [2.45, 2.75) is 52.1 Å². The summed E-state index contributed by atoms with van der Waals surface area (Å²) in [6.07, 6.45) is 0.545. The van der Waals surface area contributed by atoms with Gasteiger partial charge in [0.1, 0.15) is 5.41 Å². The molecule has 1 aliphatic carbocycles. The van der Waals surface area contributed by atoms with Crippen LogP contribution < -0.4 is 0 Å². The third-order valence-electron chi connectivity index (χ3n) is 7.40. The van der Waals surface area contributed by atoms with Crippen LogP contribution in [-0.4, -0.2) is 45.3 Å². The number of carbonyl (C=O) groups is 3. The van der Waals surface area contributed by atoms with Crippen molar-refractivity contribution in [3.63, 3.8) is 0 Å². The number of carbonyl (C=O) groups excluding carboxylic acids is 3. The quantitative estimate of drug-likeness (QED) is 0.676. The van der Waals surface area contributed by atoms with Gasteiger partial charge in [-0.1, -0.05) is 67.6 Å². The molecule has 2 aliphatic heterocycles. The largest absolute Gasteiger partial charge is 0.331 e. The second-order valence-corrected chi connectivity index (χ2v) is 10.3. The lowest BCUT2D eigenvalue weighted by molar-refractivity contribution is -0.143. The van der Waals surface area contributed by atoms with Crippen molar-refractivity contribution in [1.82, 2.24) is 9.91 Å². The van der Waals surface area contributed by atoms with E-state index in [0.29, 0.717) is 18.7 Å². The molecule has 0 N–H and O–H groups in total. The number of Topliss-reactive ketones (excluding diaryl/α,β-unsaturated/α-hetero) is 1. The first-order valence-electron chi connectivity index (χ1n) is 11.5. The van der Waals surface area contributed by atoms with Gasteiger partial charge in [0.15, 0.2) is 0 Å². The molecule has 1 saturated heterocycles. The van der Waals surface area contributed by atoms with Crippen LogP contribution in [0, 0.1) is 10.8 Å². The van der Waals surface area contributed by atoms with E-state index in [1.54, 1.807) is 4.90 Å². The Bertz CT molecular complexity index is 1170. The highest BCUT2D eigenvalue weighted by atomic mass is 16.2. The summed E-state index contributed by atoms with van der Waals surface area (Å²) < 4.78 is 0. The number of ketones is 1. The van der Waals surface area contributed by atoms with Gasteiger partial charge in [-0.15, -0.1) is 0 Å². The van der Waals surface area contributed by atoms with E-state index >= 15 is 0 Å². The van der Waals surface area contributed by atoms with Crippen molar-refractivity contribution in [3.05, 3.63) is 71.8 Å². The Kier molecular flexibility index (Phi) is 4.64. The van der Waals surface area contributed by atoms with Gasteiger partial charge in [0.05, 0.1) is 16.7 Å². The second-order valence-electron chi connectivity index (χ2n) is 10.3. The van der Waals surface area contributed by atoms with Gasteiger partial charge in [0.2, 0.25) is 5.78 Å². The molecule has 2 aromatic rings. The number of amides is 2. The van der Waals surface area contributed by atoms with Crippen LogP contribution in [0.1, 0.15) is 51.2 Å². The summed E-state index contributed by atoms with van der Waals surface area (Å²) in [5.41, 5.74) is -0.174. The van der Waals surface area contributed by atoms with Gasteiger partial charge < -0.3 is 4.90 Å². The fourth-order valence-corrected chi connectivity index (χ4v) is 6.03. The van der Waals surface area contributed by atoms with Gasteiger partial charge in [-0.3, -0.25) is 14.4 Å². The average Bonchev–Trinajstić information content (AvgIpc) is 3.18. The maximum atomic E-state index is 14.1. The third-order valence-corrected chi connectivity index (χ3v) is 7.40. The number of likely N-dealkylation sites (tertiary alicyclic amines) is 1. The number of benzene rings is 2. The van der Waals surface area contributed by atoms with E-state index in [4.69, 9.17) is 5.10 Å². The molecule has 2 spiro atoms. The molecule has 5 rings (SSSR count). The van der Waals surface area contributed by atoms with Gasteiger partial charge in [-0.2, -0.15) is 5.10 Å². The molecule has 6 nitrogen and oxygen atoms in total. The van der Waals surface area contributed by atoms with Gasteiger partial charge in [-0.25, -0.2) is 5.01 Å². The van der Waals surface area contributed by atoms with Crippen LogP contribution in [0.2, 0.25) is 0 Å². The molecule has 2 aromatic carbocycles. The Hall–Kier alpha value is -3.28. The lowest BCUT2D eigenvalue weighted by Gasteiger charge is -2.29. The maximum absolute atomic E-state index is 14.1. The number of rotatable bonds is 4. The number of hydrogen-bond donors (Lipinski definition) is 0. The smallest absolute Gasteiger partial charge is 0.291 e. The van der Waals surface area contributed by atoms with Gasteiger partial charge >= 0.3 is 0 Å². The Balaban J connectivity index is 1.64. The first-order chi connectivity index (χ1) is 15.7. The summed E-state index contributed by atoms with van der Waals surface area (Å²) >= 11 is 0. The fraction of sp³-hybridized carbons (Fsp3) is 0.407. The van der Waals surface area contributed by atoms with E-state index in [9.17, 15) is 14.4 Å². The summed E-state index contributed by atoms with van der Waals surface area (Å²) in [7, 11) is 0. The molecular formula is C27H29N3O3. The van der Waals surface area contributed by atoms with Crippen LogP contribution in [0.3, 0.4) is 0 Å². The van der Waals surface area contributed by atoms with Crippen LogP contribution in [-0.2, 0) is 20.9 Å². The predicted molar refractivity (Wildman–Crippen MR) is 125 cm³/mol. The Morgan fingerprint density at radius 1 is 0.970 bits per heavy atom. The molecule has 2 heterocycles. The molecule has 2 amide bonds. The number of nitrogens with zero attached hydrogens (tertiary/aromatic N) is 3. The van der Waals surface area contributed by atoms with Crippen LogP contribution in [0.15, 0.2) is 65.8 Å². The van der Waals surface area contributed by atoms with Crippen LogP contribution in [0.25, 0.3) is 0 Å². The highest BCUT2D eigenvalue weighted by molar-refractivity contribution is 6.45. The lowest BCUT2D eigenvalue weighted by atomic mass is 9.85. The van der Waals surface area contributed by atoms with Crippen molar-refractivity contribution >= 4 is 23.3 Å². The number of hydrazone groups is 1. The first-order valence-corrected chi connectivity index (χ1v) is 11.5. The minimum atomic E-state index is -1.12. The number of hydrogen-bond acceptors (Lipinski definition) is 4. The first kappa shape index (κ1) is 21.6. The maximum Gasteiger partial charge on any atom is 0.291 e. The molecule has 2 fully saturated rings. The summed E-state index contributed by atoms with van der Waals surface area (Å²) in [4.78, 5) is 42.8. The van der Waals surface area contributed by atoms with Crippen LogP contribution in [0.5, 0.6) is 0 Å². The Labute approximate surface area is 194 Å². The molecule has 0 bridgehead atoms. The molecule has 2 unspecified atom stereocenters. The standard InChI is InChI=1S/C27H29N3O3/c1-5-20-27(24(33)30(28-20)25(2,3)4)21(19-14-10-7-11-15-19)26(27)17-29(23(32)22(26)31)16-18-12-8-6-9-13-18/h6-15,21H,5,16-17H2,1-4H3/t21-,26?,27?/m0/s1. The molecule has 3 aliphatic rings. The van der Waals surface area contributed by atoms with Crippen molar-refractivity contribution in [3.8, 4) is 0 Å². The zero-order valence-electron chi connectivity index (χ0n) is 19.5. The van der Waals surface area contributed by atoms with Crippen LogP contribution >= 0.6 is 0 Å². The highest BCUT2D eigenvalue weighted by Crippen LogP contribution is 2.79. The van der Waals surface area contributed by atoms with Crippen molar-refractivity contribution in [2.24, 2.45) is 15.9 Å². The zero-order valence-corrected chi connectivity index (χ0v) is 19.5. The highest BCUT2D eigenvalue weighted by Gasteiger charge is 2.90. The van der Waals surface area contributed by atoms with Crippen molar-refractivity contribution in [2.75, 3.05) is 6.54 Å². The predicted octanol–water partition coefficient (Wildman–Crippen LogP) is 3.77. The summed E-state index contributed by atoms with van der Waals surface area (Å²) in [5, 5.41) is 6.29. The van der Waals surface area contributed by atoms with E-state index in [0.717, 1.165) is 11.1 Å². The summed E-state index contributed by atoms with van der Waals surface area (Å²) in [5.74, 6) is -1.53. The lowest BCUT2D eigenvalue weighted by Crippen LogP contribution is -2.44. The van der Waals surface area contributed by atoms with Gasteiger partial charge in [0.25, 0.3) is 11.8 Å². The molecule has 1 saturated carbocycles. The Morgan fingerprint density at radius 3 is 2.15 bits per heavy atom. The summed E-state index contributed by atoms with van der Waals surface area (Å²) in [6, 6.07) is 19.3. The fourth-order valence-electron chi connectivity index (χ4n) is 6.03. The van der Waals surface area contributed by atoms with Crippen molar-refractivity contribution < 1.29 is 14.4 Å². The van der Waals surface area contributed by atoms with E-state index < -0.39 is 34.0 Å². The zero-order chi connectivity index (χ0) is 23.6. The van der Waals surface area contributed by atoms with E-state index in [2.05, 4.69) is 0 Å². The third kappa shape index (κ3) is 2.73. The molecule has 170 valence electrons. The van der Waals surface area contributed by atoms with E-state index in [1.807, 2.05) is 88.4 Å². The SMILES string of the molecule is CCC1=NN(C(C)(C)C)C(=O)C12[C@@H](c1ccccc1)C21CN(Cc2ccccc2)C(=O)C1=O. The van der Waals surface area contributed by atoms with E-state index in [-0.39, 0.29) is 12.5 Å². The van der Waals surface area contributed by atoms with Gasteiger partial charge in [0, 0.05) is 19.0 Å². The molecule has 6 heteroatoms. The minimum Gasteiger partial charge on any atom is -0.331 e. The number of fused-ring (bicyclic) bond motifs is 1. The average molecular weight is 444 g/mol. The molecular weight excluding hydrogens is 414 g/mol. The van der Waals surface area contributed by atoms with Crippen molar-refractivity contribution in [1.29, 1.82) is 0 Å². The Morgan fingerprint density at radius 2 is 1.58 bits per heavy atom. The monoisotopic (exact) mass is 443 g/mol. The van der Waals surface area contributed by atoms with Gasteiger partial charge in [-0.05, 0) is 38.3 Å². The van der Waals surface area contributed by atoms with E-state index in [1.165, 1.54) is 5.01 Å². The second kappa shape index (κ2) is 7.11. The van der Waals surface area contributed by atoms with Crippen LogP contribution in [0.4, 0.5) is 0 Å². The molecule has 33 heavy (non-hydrogen) atoms. The summed E-state index contributed by atoms with van der Waals surface area (Å²) in [6.45, 7) is 8.36. The molecule has 3 atom stereocenters. The molecule has 0 radical (unpaired) electrons. The topological polar surface area (TPSA) is 70.1 Å². The minimum absolute atomic E-state index is 0.164.